The minimum absolute atomic E-state index is 0.0189. The summed E-state index contributed by atoms with van der Waals surface area (Å²) in [6.07, 6.45) is 7.58. The topological polar surface area (TPSA) is 40.6 Å². The average molecular weight is 393 g/mol. The van der Waals surface area contributed by atoms with Gasteiger partial charge in [-0.3, -0.25) is 9.59 Å². The lowest BCUT2D eigenvalue weighted by molar-refractivity contribution is -0.134. The average Bonchev–Trinajstić information content (AvgIpc) is 3.32. The summed E-state index contributed by atoms with van der Waals surface area (Å²) in [6.45, 7) is 5.37. The number of fused-ring (bicyclic) bond motifs is 1. The number of carbonyl (C=O) groups excluding carboxylic acids is 2. The third-order valence-electron chi connectivity index (χ3n) is 7.07. The van der Waals surface area contributed by atoms with Gasteiger partial charge in [-0.05, 0) is 66.9 Å². The quantitative estimate of drug-likeness (QED) is 0.740. The predicted molar refractivity (Wildman–Crippen MR) is 114 cm³/mol. The van der Waals surface area contributed by atoms with Crippen LogP contribution in [0.15, 0.2) is 24.3 Å². The Kier molecular flexibility index (Phi) is 5.94. The molecule has 0 bridgehead atoms. The van der Waals surface area contributed by atoms with Crippen LogP contribution in [0.3, 0.4) is 0 Å². The highest BCUT2D eigenvalue weighted by molar-refractivity contribution is 5.93. The Morgan fingerprint density at radius 3 is 2.28 bits per heavy atom. The number of unbranched alkanes of at least 4 members (excludes halogenated alkanes) is 1. The van der Waals surface area contributed by atoms with Gasteiger partial charge in [0.15, 0.2) is 0 Å². The molecule has 2 saturated heterocycles. The van der Waals surface area contributed by atoms with Gasteiger partial charge < -0.3 is 9.80 Å². The van der Waals surface area contributed by atoms with E-state index in [1.165, 1.54) is 11.1 Å². The predicted octanol–water partition coefficient (Wildman–Crippen LogP) is 3.44. The highest BCUT2D eigenvalue weighted by atomic mass is 16.2. The molecule has 2 amide bonds. The third kappa shape index (κ3) is 4.50. The van der Waals surface area contributed by atoms with Crippen LogP contribution < -0.4 is 0 Å². The minimum atomic E-state index is -0.0189. The van der Waals surface area contributed by atoms with Crippen molar-refractivity contribution >= 4 is 11.8 Å². The van der Waals surface area contributed by atoms with Crippen molar-refractivity contribution in [3.8, 4) is 11.8 Å². The van der Waals surface area contributed by atoms with Crippen LogP contribution in [0.2, 0.25) is 0 Å². The SMILES string of the molecule is CCCC#CC(=O)N1CCC2(CCN(C(=O)CC3Cc4ccccc4C3)CC2)C1. The summed E-state index contributed by atoms with van der Waals surface area (Å²) < 4.78 is 0. The van der Waals surface area contributed by atoms with Crippen LogP contribution >= 0.6 is 0 Å². The Morgan fingerprint density at radius 2 is 1.66 bits per heavy atom. The summed E-state index contributed by atoms with van der Waals surface area (Å²) in [5.41, 5.74) is 3.03. The molecule has 2 heterocycles. The van der Waals surface area contributed by atoms with Crippen molar-refractivity contribution < 1.29 is 9.59 Å². The molecule has 1 aromatic rings. The van der Waals surface area contributed by atoms with Crippen LogP contribution in [-0.2, 0) is 22.4 Å². The monoisotopic (exact) mass is 392 g/mol. The van der Waals surface area contributed by atoms with Gasteiger partial charge in [-0.2, -0.15) is 0 Å². The fourth-order valence-electron chi connectivity index (χ4n) is 5.26. The molecule has 1 aliphatic carbocycles. The van der Waals surface area contributed by atoms with Gasteiger partial charge in [-0.25, -0.2) is 0 Å². The molecular formula is C25H32N2O2. The maximum atomic E-state index is 12.9. The Balaban J connectivity index is 1.25. The first-order valence-corrected chi connectivity index (χ1v) is 11.2. The van der Waals surface area contributed by atoms with Crippen LogP contribution in [0, 0.1) is 23.2 Å². The molecule has 0 atom stereocenters. The Bertz CT molecular complexity index is 802. The lowest BCUT2D eigenvalue weighted by Gasteiger charge is -2.39. The zero-order chi connectivity index (χ0) is 20.3. The fraction of sp³-hybridized carbons (Fsp3) is 0.600. The molecular weight excluding hydrogens is 360 g/mol. The van der Waals surface area contributed by atoms with Crippen LogP contribution in [0.4, 0.5) is 0 Å². The molecule has 29 heavy (non-hydrogen) atoms. The fourth-order valence-corrected chi connectivity index (χ4v) is 5.26. The molecule has 2 fully saturated rings. The van der Waals surface area contributed by atoms with Crippen molar-refractivity contribution in [2.45, 2.75) is 58.3 Å². The molecule has 4 rings (SSSR count). The van der Waals surface area contributed by atoms with E-state index >= 15 is 0 Å². The number of hydrogen-bond donors (Lipinski definition) is 0. The van der Waals surface area contributed by atoms with Crippen LogP contribution in [0.1, 0.15) is 56.6 Å². The highest BCUT2D eigenvalue weighted by Gasteiger charge is 2.42. The number of rotatable bonds is 3. The van der Waals surface area contributed by atoms with Crippen molar-refractivity contribution in [1.29, 1.82) is 0 Å². The first kappa shape index (κ1) is 20.0. The van der Waals surface area contributed by atoms with E-state index in [0.717, 1.165) is 71.1 Å². The van der Waals surface area contributed by atoms with Crippen LogP contribution in [0.25, 0.3) is 0 Å². The molecule has 0 aromatic heterocycles. The minimum Gasteiger partial charge on any atom is -0.343 e. The Morgan fingerprint density at radius 1 is 1.03 bits per heavy atom. The number of carbonyl (C=O) groups is 2. The second kappa shape index (κ2) is 8.61. The molecule has 4 heteroatoms. The van der Waals surface area contributed by atoms with Crippen LogP contribution in [-0.4, -0.2) is 47.8 Å². The zero-order valence-electron chi connectivity index (χ0n) is 17.6. The van der Waals surface area contributed by atoms with Gasteiger partial charge in [-0.1, -0.05) is 37.1 Å². The molecule has 1 spiro atoms. The van der Waals surface area contributed by atoms with Gasteiger partial charge in [0.25, 0.3) is 5.91 Å². The number of nitrogens with zero attached hydrogens (tertiary/aromatic N) is 2. The van der Waals surface area contributed by atoms with Crippen molar-refractivity contribution in [2.75, 3.05) is 26.2 Å². The summed E-state index contributed by atoms with van der Waals surface area (Å²) in [4.78, 5) is 29.2. The lowest BCUT2D eigenvalue weighted by Crippen LogP contribution is -2.45. The molecule has 0 saturated carbocycles. The first-order chi connectivity index (χ1) is 14.1. The first-order valence-electron chi connectivity index (χ1n) is 11.2. The van der Waals surface area contributed by atoms with Gasteiger partial charge in [-0.15, -0.1) is 0 Å². The Labute approximate surface area is 174 Å². The summed E-state index contributed by atoms with van der Waals surface area (Å²) in [5.74, 6) is 6.52. The van der Waals surface area contributed by atoms with Gasteiger partial charge in [0.1, 0.15) is 0 Å². The zero-order valence-corrected chi connectivity index (χ0v) is 17.6. The molecule has 154 valence electrons. The smallest absolute Gasteiger partial charge is 0.298 e. The van der Waals surface area contributed by atoms with Crippen molar-refractivity contribution in [3.63, 3.8) is 0 Å². The Hall–Kier alpha value is -2.28. The number of benzene rings is 1. The van der Waals surface area contributed by atoms with E-state index in [0.29, 0.717) is 18.2 Å². The van der Waals surface area contributed by atoms with Gasteiger partial charge in [0, 0.05) is 39.0 Å². The van der Waals surface area contributed by atoms with E-state index in [9.17, 15) is 9.59 Å². The van der Waals surface area contributed by atoms with Gasteiger partial charge >= 0.3 is 0 Å². The van der Waals surface area contributed by atoms with Crippen molar-refractivity contribution in [3.05, 3.63) is 35.4 Å². The van der Waals surface area contributed by atoms with E-state index in [-0.39, 0.29) is 11.3 Å². The number of amides is 2. The van der Waals surface area contributed by atoms with Crippen molar-refractivity contribution in [2.24, 2.45) is 11.3 Å². The third-order valence-corrected chi connectivity index (χ3v) is 7.07. The molecule has 2 aliphatic heterocycles. The van der Waals surface area contributed by atoms with E-state index in [1.54, 1.807) is 0 Å². The normalized spacial score (nSPS) is 20.4. The summed E-state index contributed by atoms with van der Waals surface area (Å²) in [6, 6.07) is 8.59. The van der Waals surface area contributed by atoms with E-state index < -0.39 is 0 Å². The number of hydrogen-bond acceptors (Lipinski definition) is 2. The van der Waals surface area contributed by atoms with Crippen molar-refractivity contribution in [1.82, 2.24) is 9.80 Å². The van der Waals surface area contributed by atoms with Gasteiger partial charge in [0.2, 0.25) is 5.91 Å². The van der Waals surface area contributed by atoms with E-state index in [4.69, 9.17) is 0 Å². The summed E-state index contributed by atoms with van der Waals surface area (Å²) >= 11 is 0. The molecule has 0 radical (unpaired) electrons. The molecule has 3 aliphatic rings. The lowest BCUT2D eigenvalue weighted by atomic mass is 9.77. The highest BCUT2D eigenvalue weighted by Crippen LogP contribution is 2.40. The van der Waals surface area contributed by atoms with E-state index in [2.05, 4.69) is 47.9 Å². The number of piperidine rings is 1. The maximum Gasteiger partial charge on any atom is 0.298 e. The van der Waals surface area contributed by atoms with Gasteiger partial charge in [0.05, 0.1) is 0 Å². The molecule has 0 unspecified atom stereocenters. The number of likely N-dealkylation sites (tertiary alicyclic amines) is 2. The largest absolute Gasteiger partial charge is 0.343 e. The van der Waals surface area contributed by atoms with E-state index in [1.807, 2.05) is 4.90 Å². The molecule has 0 N–H and O–H groups in total. The second-order valence-electron chi connectivity index (χ2n) is 9.16. The maximum absolute atomic E-state index is 12.9. The molecule has 1 aromatic carbocycles. The van der Waals surface area contributed by atoms with Crippen LogP contribution in [0.5, 0.6) is 0 Å². The summed E-state index contributed by atoms with van der Waals surface area (Å²) in [5, 5.41) is 0. The molecule has 4 nitrogen and oxygen atoms in total. The summed E-state index contributed by atoms with van der Waals surface area (Å²) in [7, 11) is 0. The second-order valence-corrected chi connectivity index (χ2v) is 9.16. The standard InChI is InChI=1S/C25H32N2O2/c1-2-3-4-9-23(28)27-15-12-25(19-27)10-13-26(14-11-25)24(29)18-20-16-21-7-5-6-8-22(21)17-20/h5-8,20H,2-3,10-19H2,1H3.